The number of Topliss-reactive ketones (excluding diaryl/α,β-unsaturated/α-hetero) is 1. The molecule has 0 aromatic heterocycles. The van der Waals surface area contributed by atoms with Crippen LogP contribution in [0, 0.1) is 0 Å². The van der Waals surface area contributed by atoms with Crippen molar-refractivity contribution in [1.82, 2.24) is 0 Å². The monoisotopic (exact) mass is 298 g/mol. The Balaban J connectivity index is 3.31. The van der Waals surface area contributed by atoms with Crippen LogP contribution in [0.15, 0.2) is 0 Å². The van der Waals surface area contributed by atoms with Gasteiger partial charge in [-0.25, -0.2) is 0 Å². The van der Waals surface area contributed by atoms with Gasteiger partial charge in [-0.3, -0.25) is 4.79 Å². The molecule has 0 aliphatic rings. The van der Waals surface area contributed by atoms with Crippen molar-refractivity contribution in [2.24, 2.45) is 0 Å². The number of hydrogen-bond acceptors (Lipinski definition) is 1. The lowest BCUT2D eigenvalue weighted by molar-refractivity contribution is -0.119. The molecule has 0 aromatic rings. The molecule has 0 aromatic carbocycles. The molecule has 0 aliphatic heterocycles. The Morgan fingerprint density at radius 1 is 1.42 bits per heavy atom. The quantitative estimate of drug-likeness (QED) is 0.655. The number of carbonyl (C=O) groups excluding carboxylic acids is 1. The highest BCUT2D eigenvalue weighted by Crippen LogP contribution is 2.13. The van der Waals surface area contributed by atoms with Crippen molar-refractivity contribution in [3.05, 3.63) is 0 Å². The van der Waals surface area contributed by atoms with Crippen LogP contribution in [0.3, 0.4) is 0 Å². The molecule has 0 spiro atoms. The molecule has 1 nitrogen and oxygen atoms in total. The summed E-state index contributed by atoms with van der Waals surface area (Å²) in [5.74, 6) is 0.396. The summed E-state index contributed by atoms with van der Waals surface area (Å²) in [6, 6.07) is 0. The molecule has 72 valence electrons. The maximum atomic E-state index is 11.2. The van der Waals surface area contributed by atoms with Crippen molar-refractivity contribution in [1.29, 1.82) is 0 Å². The molecule has 12 heavy (non-hydrogen) atoms. The molecule has 0 N–H and O–H groups in total. The van der Waals surface area contributed by atoms with E-state index in [9.17, 15) is 4.79 Å². The van der Waals surface area contributed by atoms with Crippen molar-refractivity contribution < 1.29 is 4.79 Å². The molecule has 0 heterocycles. The van der Waals surface area contributed by atoms with Crippen LogP contribution in [-0.4, -0.2) is 15.9 Å². The fraction of sp³-hybridized carbons (Fsp3) is 0.889. The van der Waals surface area contributed by atoms with Gasteiger partial charge in [-0.2, -0.15) is 0 Å². The highest BCUT2D eigenvalue weighted by molar-refractivity contribution is 9.09. The van der Waals surface area contributed by atoms with E-state index < -0.39 is 0 Å². The average Bonchev–Trinajstić information content (AvgIpc) is 2.10. The second kappa shape index (κ2) is 8.24. The van der Waals surface area contributed by atoms with Crippen LogP contribution in [0.4, 0.5) is 0 Å². The molecule has 1 unspecified atom stereocenters. The Labute approximate surface area is 91.6 Å². The van der Waals surface area contributed by atoms with Gasteiger partial charge in [0.2, 0.25) is 0 Å². The summed E-state index contributed by atoms with van der Waals surface area (Å²) >= 11 is 6.82. The van der Waals surface area contributed by atoms with E-state index in [1.54, 1.807) is 0 Å². The molecule has 0 fully saturated rings. The largest absolute Gasteiger partial charge is 0.300 e. The molecule has 0 aliphatic carbocycles. The smallest absolute Gasteiger partial charge is 0.132 e. The van der Waals surface area contributed by atoms with Crippen molar-refractivity contribution in [2.45, 2.75) is 43.9 Å². The van der Waals surface area contributed by atoms with Gasteiger partial charge in [0.05, 0.1) is 0 Å². The first-order valence-corrected chi connectivity index (χ1v) is 6.46. The fourth-order valence-electron chi connectivity index (χ4n) is 0.911. The summed E-state index contributed by atoms with van der Waals surface area (Å²) in [6.07, 6.45) is 4.52. The SMILES string of the molecule is CCC(Br)CCC(=O)CCCBr. The fourth-order valence-corrected chi connectivity index (χ4v) is 1.42. The van der Waals surface area contributed by atoms with Crippen LogP contribution < -0.4 is 0 Å². The zero-order valence-corrected chi connectivity index (χ0v) is 10.7. The van der Waals surface area contributed by atoms with Gasteiger partial charge in [0, 0.05) is 23.0 Å². The first-order valence-electron chi connectivity index (χ1n) is 4.42. The standard InChI is InChI=1S/C9H16Br2O/c1-2-8(11)5-6-9(12)4-3-7-10/h8H,2-7H2,1H3. The van der Waals surface area contributed by atoms with E-state index in [0.717, 1.165) is 37.4 Å². The Bertz CT molecular complexity index is 126. The second-order valence-corrected chi connectivity index (χ2v) is 4.96. The maximum Gasteiger partial charge on any atom is 0.132 e. The normalized spacial score (nSPS) is 12.9. The number of halogens is 2. The van der Waals surface area contributed by atoms with Gasteiger partial charge < -0.3 is 0 Å². The van der Waals surface area contributed by atoms with Crippen molar-refractivity contribution in [3.8, 4) is 0 Å². The third-order valence-electron chi connectivity index (χ3n) is 1.77. The molecule has 0 radical (unpaired) electrons. The van der Waals surface area contributed by atoms with Gasteiger partial charge in [-0.15, -0.1) is 0 Å². The third-order valence-corrected chi connectivity index (χ3v) is 3.43. The second-order valence-electron chi connectivity index (χ2n) is 2.88. The van der Waals surface area contributed by atoms with Gasteiger partial charge in [0.25, 0.3) is 0 Å². The zero-order valence-electron chi connectivity index (χ0n) is 7.48. The average molecular weight is 300 g/mol. The molecule has 1 atom stereocenters. The van der Waals surface area contributed by atoms with Crippen molar-refractivity contribution in [3.63, 3.8) is 0 Å². The number of hydrogen-bond donors (Lipinski definition) is 0. The van der Waals surface area contributed by atoms with E-state index in [-0.39, 0.29) is 0 Å². The summed E-state index contributed by atoms with van der Waals surface area (Å²) in [7, 11) is 0. The van der Waals surface area contributed by atoms with Crippen LogP contribution in [0.5, 0.6) is 0 Å². The topological polar surface area (TPSA) is 17.1 Å². The van der Waals surface area contributed by atoms with E-state index in [2.05, 4.69) is 38.8 Å². The molecule has 0 amide bonds. The van der Waals surface area contributed by atoms with Crippen LogP contribution in [0.25, 0.3) is 0 Å². The molecular weight excluding hydrogens is 284 g/mol. The molecule has 0 saturated carbocycles. The van der Waals surface area contributed by atoms with Gasteiger partial charge in [-0.1, -0.05) is 38.8 Å². The first-order chi connectivity index (χ1) is 5.70. The zero-order chi connectivity index (χ0) is 9.40. The van der Waals surface area contributed by atoms with E-state index in [0.29, 0.717) is 10.6 Å². The van der Waals surface area contributed by atoms with Gasteiger partial charge in [0.1, 0.15) is 5.78 Å². The number of rotatable bonds is 7. The predicted molar refractivity (Wildman–Crippen MR) is 60.3 cm³/mol. The minimum atomic E-state index is 0.396. The van der Waals surface area contributed by atoms with E-state index in [1.165, 1.54) is 0 Å². The maximum absolute atomic E-state index is 11.2. The summed E-state index contributed by atoms with van der Waals surface area (Å²) in [5, 5.41) is 0.935. The van der Waals surface area contributed by atoms with Crippen LogP contribution in [-0.2, 0) is 4.79 Å². The van der Waals surface area contributed by atoms with Gasteiger partial charge in [-0.05, 0) is 19.3 Å². The molecule has 3 heteroatoms. The Morgan fingerprint density at radius 2 is 2.08 bits per heavy atom. The lowest BCUT2D eigenvalue weighted by Gasteiger charge is -2.04. The lowest BCUT2D eigenvalue weighted by Crippen LogP contribution is -2.03. The minimum absolute atomic E-state index is 0.396. The molecule has 0 saturated heterocycles. The van der Waals surface area contributed by atoms with E-state index >= 15 is 0 Å². The molecular formula is C9H16Br2O. The highest BCUT2D eigenvalue weighted by atomic mass is 79.9. The van der Waals surface area contributed by atoms with E-state index in [1.807, 2.05) is 0 Å². The lowest BCUT2D eigenvalue weighted by atomic mass is 10.1. The van der Waals surface area contributed by atoms with Crippen LogP contribution in [0.1, 0.15) is 39.0 Å². The number of carbonyl (C=O) groups is 1. The van der Waals surface area contributed by atoms with E-state index in [4.69, 9.17) is 0 Å². The summed E-state index contributed by atoms with van der Waals surface area (Å²) < 4.78 is 0. The third kappa shape index (κ3) is 7.29. The van der Waals surface area contributed by atoms with Crippen LogP contribution in [0.2, 0.25) is 0 Å². The first kappa shape index (κ1) is 12.6. The number of ketones is 1. The summed E-state index contributed by atoms with van der Waals surface area (Å²) in [6.45, 7) is 2.13. The highest BCUT2D eigenvalue weighted by Gasteiger charge is 2.05. The van der Waals surface area contributed by atoms with Gasteiger partial charge in [0.15, 0.2) is 0 Å². The van der Waals surface area contributed by atoms with Crippen molar-refractivity contribution in [2.75, 3.05) is 5.33 Å². The summed E-state index contributed by atoms with van der Waals surface area (Å²) in [4.78, 5) is 11.7. The molecule has 0 rings (SSSR count). The number of alkyl halides is 2. The Morgan fingerprint density at radius 3 is 2.58 bits per heavy atom. The van der Waals surface area contributed by atoms with Crippen LogP contribution >= 0.6 is 31.9 Å². The van der Waals surface area contributed by atoms with Crippen molar-refractivity contribution >= 4 is 37.6 Å². The predicted octanol–water partition coefficient (Wildman–Crippen LogP) is 3.68. The molecule has 0 bridgehead atoms. The minimum Gasteiger partial charge on any atom is -0.300 e. The van der Waals surface area contributed by atoms with Gasteiger partial charge >= 0.3 is 0 Å². The summed E-state index contributed by atoms with van der Waals surface area (Å²) in [5.41, 5.74) is 0. The Kier molecular flexibility index (Phi) is 8.67. The Hall–Kier alpha value is 0.630.